The summed E-state index contributed by atoms with van der Waals surface area (Å²) in [5, 5.41) is 0.458. The highest BCUT2D eigenvalue weighted by Gasteiger charge is 2.24. The first-order valence-electron chi connectivity index (χ1n) is 10.7. The lowest BCUT2D eigenvalue weighted by Crippen LogP contribution is -2.39. The summed E-state index contributed by atoms with van der Waals surface area (Å²) in [4.78, 5) is 46.1. The number of nitrogens with zero attached hydrogens (tertiary/aromatic N) is 4. The number of benzene rings is 2. The van der Waals surface area contributed by atoms with Crippen molar-refractivity contribution in [3.63, 3.8) is 0 Å². The van der Waals surface area contributed by atoms with Gasteiger partial charge in [0, 0.05) is 37.1 Å². The molecular formula is C24H23N5O3. The van der Waals surface area contributed by atoms with Gasteiger partial charge in [-0.1, -0.05) is 24.3 Å². The molecule has 1 saturated heterocycles. The van der Waals surface area contributed by atoms with E-state index in [0.29, 0.717) is 35.6 Å². The number of nitrogens with one attached hydrogen (secondary N) is 1. The van der Waals surface area contributed by atoms with Crippen molar-refractivity contribution in [2.24, 2.45) is 0 Å². The molecule has 1 fully saturated rings. The standard InChI is InChI=1S/C24H23N5O3/c30-22-20-6-1-2-7-21(20)29(24(32)26-22)15-17-4-3-5-18(14-17)23(31)27-11-8-19(9-12-27)28-13-10-25-16-28/h1-7,10,13-14,16,19H,8-9,11-12,15H2,(H,26,30,32). The van der Waals surface area contributed by atoms with Gasteiger partial charge in [0.15, 0.2) is 0 Å². The fourth-order valence-electron chi connectivity index (χ4n) is 4.42. The number of carbonyl (C=O) groups excluding carboxylic acids is 1. The number of amides is 1. The van der Waals surface area contributed by atoms with Crippen LogP contribution in [-0.4, -0.2) is 43.0 Å². The van der Waals surface area contributed by atoms with Gasteiger partial charge < -0.3 is 9.47 Å². The van der Waals surface area contributed by atoms with Gasteiger partial charge in [-0.15, -0.1) is 0 Å². The van der Waals surface area contributed by atoms with E-state index in [9.17, 15) is 14.4 Å². The second kappa shape index (κ2) is 8.30. The third kappa shape index (κ3) is 3.75. The summed E-state index contributed by atoms with van der Waals surface area (Å²) >= 11 is 0. The van der Waals surface area contributed by atoms with Gasteiger partial charge in [0.2, 0.25) is 0 Å². The zero-order chi connectivity index (χ0) is 22.1. The van der Waals surface area contributed by atoms with Gasteiger partial charge >= 0.3 is 5.69 Å². The highest BCUT2D eigenvalue weighted by atomic mass is 16.2. The normalized spacial score (nSPS) is 14.7. The quantitative estimate of drug-likeness (QED) is 0.539. The van der Waals surface area contributed by atoms with Crippen molar-refractivity contribution < 1.29 is 4.79 Å². The van der Waals surface area contributed by atoms with Gasteiger partial charge in [-0.25, -0.2) is 9.78 Å². The Balaban J connectivity index is 1.36. The molecule has 3 heterocycles. The molecule has 0 aliphatic carbocycles. The van der Waals surface area contributed by atoms with E-state index >= 15 is 0 Å². The van der Waals surface area contributed by atoms with E-state index in [1.54, 1.807) is 30.5 Å². The van der Waals surface area contributed by atoms with E-state index in [0.717, 1.165) is 18.4 Å². The van der Waals surface area contributed by atoms with Crippen LogP contribution in [0.5, 0.6) is 0 Å². The number of H-pyrrole nitrogens is 1. The van der Waals surface area contributed by atoms with Gasteiger partial charge in [0.1, 0.15) is 0 Å². The first kappa shape index (κ1) is 20.0. The number of hydrogen-bond acceptors (Lipinski definition) is 4. The van der Waals surface area contributed by atoms with Crippen molar-refractivity contribution in [3.05, 3.63) is 99.2 Å². The molecule has 0 atom stereocenters. The summed E-state index contributed by atoms with van der Waals surface area (Å²) in [5.74, 6) is -0.00500. The van der Waals surface area contributed by atoms with Gasteiger partial charge in [0.25, 0.3) is 11.5 Å². The predicted molar refractivity (Wildman–Crippen MR) is 121 cm³/mol. The van der Waals surface area contributed by atoms with E-state index in [4.69, 9.17) is 0 Å². The fraction of sp³-hybridized carbons (Fsp3) is 0.250. The van der Waals surface area contributed by atoms with Crippen molar-refractivity contribution in [2.45, 2.75) is 25.4 Å². The predicted octanol–water partition coefficient (Wildman–Crippen LogP) is 2.41. The van der Waals surface area contributed by atoms with Gasteiger partial charge in [-0.05, 0) is 42.7 Å². The monoisotopic (exact) mass is 429 g/mol. The zero-order valence-corrected chi connectivity index (χ0v) is 17.5. The number of imidazole rings is 1. The molecule has 32 heavy (non-hydrogen) atoms. The molecule has 0 spiro atoms. The molecule has 1 amide bonds. The summed E-state index contributed by atoms with van der Waals surface area (Å²) in [6, 6.07) is 14.7. The van der Waals surface area contributed by atoms with Crippen LogP contribution in [0.25, 0.3) is 10.9 Å². The Morgan fingerprint density at radius 1 is 1.06 bits per heavy atom. The van der Waals surface area contributed by atoms with Gasteiger partial charge in [-0.2, -0.15) is 0 Å². The van der Waals surface area contributed by atoms with Crippen LogP contribution in [0.3, 0.4) is 0 Å². The summed E-state index contributed by atoms with van der Waals surface area (Å²) in [5.41, 5.74) is 1.13. The van der Waals surface area contributed by atoms with E-state index < -0.39 is 11.2 Å². The lowest BCUT2D eigenvalue weighted by molar-refractivity contribution is 0.0694. The number of fused-ring (bicyclic) bond motifs is 1. The Hall–Kier alpha value is -3.94. The second-order valence-corrected chi connectivity index (χ2v) is 8.10. The molecule has 0 bridgehead atoms. The summed E-state index contributed by atoms with van der Waals surface area (Å²) in [6.45, 7) is 1.64. The Labute approximate surface area is 183 Å². The third-order valence-electron chi connectivity index (χ3n) is 6.12. The molecule has 1 N–H and O–H groups in total. The maximum Gasteiger partial charge on any atom is 0.329 e. The van der Waals surface area contributed by atoms with Crippen molar-refractivity contribution in [3.8, 4) is 0 Å². The molecule has 1 aliphatic rings. The molecule has 162 valence electrons. The van der Waals surface area contributed by atoms with Gasteiger partial charge in [0.05, 0.1) is 23.8 Å². The van der Waals surface area contributed by atoms with Crippen molar-refractivity contribution in [1.82, 2.24) is 24.0 Å². The highest BCUT2D eigenvalue weighted by molar-refractivity contribution is 5.94. The van der Waals surface area contributed by atoms with Crippen molar-refractivity contribution in [2.75, 3.05) is 13.1 Å². The SMILES string of the molecule is O=C(c1cccc(Cn2c(=O)[nH]c(=O)c3ccccc32)c1)N1CCC(n2ccnc2)CC1. The minimum Gasteiger partial charge on any atom is -0.338 e. The molecule has 0 saturated carbocycles. The van der Waals surface area contributed by atoms with Crippen LogP contribution in [0.1, 0.15) is 34.8 Å². The molecule has 4 aromatic rings. The largest absolute Gasteiger partial charge is 0.338 e. The molecule has 5 rings (SSSR count). The molecule has 2 aromatic heterocycles. The lowest BCUT2D eigenvalue weighted by atomic mass is 10.0. The molecule has 8 nitrogen and oxygen atoms in total. The maximum atomic E-state index is 13.1. The summed E-state index contributed by atoms with van der Waals surface area (Å²) in [7, 11) is 0. The Kier molecular flexibility index (Phi) is 5.18. The van der Waals surface area contributed by atoms with Crippen LogP contribution in [0.4, 0.5) is 0 Å². The average Bonchev–Trinajstić information content (AvgIpc) is 3.37. The number of carbonyl (C=O) groups is 1. The molecule has 1 aliphatic heterocycles. The molecule has 0 unspecified atom stereocenters. The van der Waals surface area contributed by atoms with Crippen LogP contribution in [-0.2, 0) is 6.54 Å². The van der Waals surface area contributed by atoms with Crippen LogP contribution in [0.15, 0.2) is 76.8 Å². The number of hydrogen-bond donors (Lipinski definition) is 1. The molecule has 2 aromatic carbocycles. The van der Waals surface area contributed by atoms with Gasteiger partial charge in [-0.3, -0.25) is 19.1 Å². The van der Waals surface area contributed by atoms with E-state index in [1.165, 1.54) is 4.57 Å². The second-order valence-electron chi connectivity index (χ2n) is 8.10. The molecule has 8 heteroatoms. The topological polar surface area (TPSA) is 93.0 Å². The van der Waals surface area contributed by atoms with E-state index in [-0.39, 0.29) is 12.5 Å². The number of para-hydroxylation sites is 1. The minimum absolute atomic E-state index is 0.00500. The van der Waals surface area contributed by atoms with Crippen molar-refractivity contribution >= 4 is 16.8 Å². The first-order chi connectivity index (χ1) is 15.6. The Morgan fingerprint density at radius 2 is 1.88 bits per heavy atom. The van der Waals surface area contributed by atoms with Crippen LogP contribution >= 0.6 is 0 Å². The van der Waals surface area contributed by atoms with Crippen molar-refractivity contribution in [1.29, 1.82) is 0 Å². The summed E-state index contributed by atoms with van der Waals surface area (Å²) < 4.78 is 3.63. The fourth-order valence-corrected chi connectivity index (χ4v) is 4.42. The van der Waals surface area contributed by atoms with Crippen LogP contribution in [0, 0.1) is 0 Å². The first-order valence-corrected chi connectivity index (χ1v) is 10.7. The number of likely N-dealkylation sites (tertiary alicyclic amines) is 1. The lowest BCUT2D eigenvalue weighted by Gasteiger charge is -2.32. The van der Waals surface area contributed by atoms with E-state index in [1.807, 2.05) is 41.7 Å². The Bertz CT molecular complexity index is 1380. The summed E-state index contributed by atoms with van der Waals surface area (Å²) in [6.07, 6.45) is 7.35. The number of aromatic amines is 1. The van der Waals surface area contributed by atoms with E-state index in [2.05, 4.69) is 14.5 Å². The highest BCUT2D eigenvalue weighted by Crippen LogP contribution is 2.23. The third-order valence-corrected chi connectivity index (χ3v) is 6.12. The minimum atomic E-state index is -0.466. The Morgan fingerprint density at radius 3 is 2.66 bits per heavy atom. The average molecular weight is 429 g/mol. The van der Waals surface area contributed by atoms with Crippen LogP contribution < -0.4 is 11.2 Å². The van der Waals surface area contributed by atoms with Crippen LogP contribution in [0.2, 0.25) is 0 Å². The number of piperidine rings is 1. The number of rotatable bonds is 4. The molecule has 0 radical (unpaired) electrons. The number of aromatic nitrogens is 4. The molecular weight excluding hydrogens is 406 g/mol. The maximum absolute atomic E-state index is 13.1. The zero-order valence-electron chi connectivity index (χ0n) is 17.5. The smallest absolute Gasteiger partial charge is 0.329 e.